The number of nitrogens with zero attached hydrogens (tertiary/aromatic N) is 2. The number of carbonyl (C=O) groups is 1. The number of benzene rings is 1. The fraction of sp³-hybridized carbons (Fsp3) is 0.471. The Morgan fingerprint density at radius 1 is 1.38 bits per heavy atom. The maximum absolute atomic E-state index is 12.0. The van der Waals surface area contributed by atoms with E-state index < -0.39 is 0 Å². The molecule has 7 heteroatoms. The summed E-state index contributed by atoms with van der Waals surface area (Å²) >= 11 is 1.35. The molecule has 1 aliphatic rings. The second-order valence-corrected chi connectivity index (χ2v) is 7.02. The molecule has 0 aliphatic carbocycles. The van der Waals surface area contributed by atoms with Crippen LogP contribution in [0.25, 0.3) is 0 Å². The van der Waals surface area contributed by atoms with Crippen LogP contribution in [0.5, 0.6) is 5.75 Å². The minimum atomic E-state index is -0.252. The average Bonchev–Trinajstić information content (AvgIpc) is 3.24. The van der Waals surface area contributed by atoms with Crippen LogP contribution in [-0.4, -0.2) is 29.3 Å². The Kier molecular flexibility index (Phi) is 5.42. The van der Waals surface area contributed by atoms with Gasteiger partial charge in [-0.25, -0.2) is 0 Å². The first-order valence-electron chi connectivity index (χ1n) is 8.09. The summed E-state index contributed by atoms with van der Waals surface area (Å²) in [4.78, 5) is 12.0. The monoisotopic (exact) mass is 347 g/mol. The summed E-state index contributed by atoms with van der Waals surface area (Å²) in [5.41, 5.74) is 1.24. The van der Waals surface area contributed by atoms with Gasteiger partial charge in [0.05, 0.1) is 0 Å². The summed E-state index contributed by atoms with van der Waals surface area (Å²) in [5.74, 6) is 0.891. The standard InChI is InChI=1S/C17H21N3O3S/c1-11(2)12-5-7-13(8-6-12)23-10-15(21)18-17-20-19-16(24-17)14-4-3-9-22-14/h5-8,11,14H,3-4,9-10H2,1-2H3,(H,18,20,21). The smallest absolute Gasteiger partial charge is 0.264 e. The number of rotatable bonds is 6. The third-order valence-corrected chi connectivity index (χ3v) is 4.74. The molecule has 1 N–H and O–H groups in total. The Morgan fingerprint density at radius 3 is 2.83 bits per heavy atom. The van der Waals surface area contributed by atoms with Crippen LogP contribution < -0.4 is 10.1 Å². The van der Waals surface area contributed by atoms with Gasteiger partial charge in [-0.3, -0.25) is 10.1 Å². The van der Waals surface area contributed by atoms with E-state index in [1.165, 1.54) is 16.9 Å². The first-order valence-corrected chi connectivity index (χ1v) is 8.91. The maximum atomic E-state index is 12.0. The summed E-state index contributed by atoms with van der Waals surface area (Å²) in [6.45, 7) is 4.97. The zero-order chi connectivity index (χ0) is 16.9. The molecule has 0 bridgehead atoms. The number of nitrogens with one attached hydrogen (secondary N) is 1. The number of hydrogen-bond donors (Lipinski definition) is 1. The van der Waals surface area contributed by atoms with E-state index in [2.05, 4.69) is 29.4 Å². The van der Waals surface area contributed by atoms with E-state index in [0.717, 1.165) is 24.5 Å². The van der Waals surface area contributed by atoms with Crippen molar-refractivity contribution in [2.24, 2.45) is 0 Å². The Hall–Kier alpha value is -1.99. The van der Waals surface area contributed by atoms with Crippen molar-refractivity contribution in [1.82, 2.24) is 10.2 Å². The molecule has 1 aliphatic heterocycles. The molecule has 1 amide bonds. The van der Waals surface area contributed by atoms with Crippen LogP contribution >= 0.6 is 11.3 Å². The molecule has 0 radical (unpaired) electrons. The van der Waals surface area contributed by atoms with Crippen LogP contribution in [0.3, 0.4) is 0 Å². The number of ether oxygens (including phenoxy) is 2. The second-order valence-electron chi connectivity index (χ2n) is 6.01. The Morgan fingerprint density at radius 2 is 2.17 bits per heavy atom. The van der Waals surface area contributed by atoms with Crippen LogP contribution in [0.1, 0.15) is 49.3 Å². The molecule has 2 heterocycles. The lowest BCUT2D eigenvalue weighted by molar-refractivity contribution is -0.118. The molecular weight excluding hydrogens is 326 g/mol. The molecule has 6 nitrogen and oxygen atoms in total. The fourth-order valence-electron chi connectivity index (χ4n) is 2.44. The predicted molar refractivity (Wildman–Crippen MR) is 92.5 cm³/mol. The SMILES string of the molecule is CC(C)c1ccc(OCC(=O)Nc2nnc(C3CCCO3)s2)cc1. The van der Waals surface area contributed by atoms with E-state index in [1.807, 2.05) is 24.3 Å². The van der Waals surface area contributed by atoms with Crippen LogP contribution in [0, 0.1) is 0 Å². The van der Waals surface area contributed by atoms with E-state index in [9.17, 15) is 4.79 Å². The molecule has 24 heavy (non-hydrogen) atoms. The zero-order valence-corrected chi connectivity index (χ0v) is 14.6. The van der Waals surface area contributed by atoms with E-state index in [0.29, 0.717) is 16.8 Å². The number of hydrogen-bond acceptors (Lipinski definition) is 6. The van der Waals surface area contributed by atoms with Crippen LogP contribution in [0.15, 0.2) is 24.3 Å². The molecule has 128 valence electrons. The maximum Gasteiger partial charge on any atom is 0.264 e. The van der Waals surface area contributed by atoms with Gasteiger partial charge in [0.2, 0.25) is 5.13 Å². The highest BCUT2D eigenvalue weighted by molar-refractivity contribution is 7.15. The molecule has 1 fully saturated rings. The first kappa shape index (κ1) is 16.9. The molecular formula is C17H21N3O3S. The van der Waals surface area contributed by atoms with Crippen molar-refractivity contribution < 1.29 is 14.3 Å². The minimum Gasteiger partial charge on any atom is -0.484 e. The van der Waals surface area contributed by atoms with E-state index >= 15 is 0 Å². The largest absolute Gasteiger partial charge is 0.484 e. The van der Waals surface area contributed by atoms with Crippen molar-refractivity contribution in [2.45, 2.75) is 38.7 Å². The summed E-state index contributed by atoms with van der Waals surface area (Å²) in [6, 6.07) is 7.78. The fourth-order valence-corrected chi connectivity index (χ4v) is 3.28. The molecule has 2 aromatic rings. The molecule has 1 atom stereocenters. The molecule has 3 rings (SSSR count). The normalized spacial score (nSPS) is 17.2. The van der Waals surface area contributed by atoms with Crippen molar-refractivity contribution in [2.75, 3.05) is 18.5 Å². The first-order chi connectivity index (χ1) is 11.6. The van der Waals surface area contributed by atoms with Crippen LogP contribution in [-0.2, 0) is 9.53 Å². The number of amides is 1. The molecule has 1 unspecified atom stereocenters. The van der Waals surface area contributed by atoms with Gasteiger partial charge < -0.3 is 9.47 Å². The van der Waals surface area contributed by atoms with Crippen molar-refractivity contribution in [3.63, 3.8) is 0 Å². The van der Waals surface area contributed by atoms with Gasteiger partial charge in [-0.15, -0.1) is 10.2 Å². The second kappa shape index (κ2) is 7.72. The van der Waals surface area contributed by atoms with Gasteiger partial charge in [0.15, 0.2) is 6.61 Å². The Bertz CT molecular complexity index is 679. The summed E-state index contributed by atoms with van der Waals surface area (Å²) in [5, 5.41) is 12.1. The van der Waals surface area contributed by atoms with Gasteiger partial charge in [-0.2, -0.15) is 0 Å². The van der Waals surface area contributed by atoms with Crippen molar-refractivity contribution in [3.05, 3.63) is 34.8 Å². The molecule has 0 saturated carbocycles. The van der Waals surface area contributed by atoms with Gasteiger partial charge in [0, 0.05) is 6.61 Å². The average molecular weight is 347 g/mol. The molecule has 0 spiro atoms. The van der Waals surface area contributed by atoms with Gasteiger partial charge in [-0.05, 0) is 36.5 Å². The van der Waals surface area contributed by atoms with E-state index in [4.69, 9.17) is 9.47 Å². The highest BCUT2D eigenvalue weighted by Crippen LogP contribution is 2.31. The number of anilines is 1. The number of carbonyl (C=O) groups excluding carboxylic acids is 1. The lowest BCUT2D eigenvalue weighted by Crippen LogP contribution is -2.20. The Balaban J connectivity index is 1.48. The molecule has 1 saturated heterocycles. The van der Waals surface area contributed by atoms with Gasteiger partial charge >= 0.3 is 0 Å². The van der Waals surface area contributed by atoms with E-state index in [-0.39, 0.29) is 18.6 Å². The highest BCUT2D eigenvalue weighted by Gasteiger charge is 2.22. The summed E-state index contributed by atoms with van der Waals surface area (Å²) in [7, 11) is 0. The van der Waals surface area contributed by atoms with E-state index in [1.54, 1.807) is 0 Å². The summed E-state index contributed by atoms with van der Waals surface area (Å²) in [6.07, 6.45) is 2.01. The third kappa shape index (κ3) is 4.30. The highest BCUT2D eigenvalue weighted by atomic mass is 32.1. The van der Waals surface area contributed by atoms with Gasteiger partial charge in [0.1, 0.15) is 16.9 Å². The molecule has 1 aromatic heterocycles. The molecule has 1 aromatic carbocycles. The predicted octanol–water partition coefficient (Wildman–Crippen LogP) is 3.53. The topological polar surface area (TPSA) is 73.3 Å². The van der Waals surface area contributed by atoms with Crippen molar-refractivity contribution in [3.8, 4) is 5.75 Å². The van der Waals surface area contributed by atoms with Crippen LogP contribution in [0.4, 0.5) is 5.13 Å². The van der Waals surface area contributed by atoms with Crippen LogP contribution in [0.2, 0.25) is 0 Å². The lowest BCUT2D eigenvalue weighted by atomic mass is 10.0. The van der Waals surface area contributed by atoms with Crippen molar-refractivity contribution >= 4 is 22.4 Å². The summed E-state index contributed by atoms with van der Waals surface area (Å²) < 4.78 is 11.1. The van der Waals surface area contributed by atoms with Crippen molar-refractivity contribution in [1.29, 1.82) is 0 Å². The van der Waals surface area contributed by atoms with Gasteiger partial charge in [-0.1, -0.05) is 37.3 Å². The minimum absolute atomic E-state index is 0.0175. The zero-order valence-electron chi connectivity index (χ0n) is 13.8. The Labute approximate surface area is 145 Å². The quantitative estimate of drug-likeness (QED) is 0.865. The van der Waals surface area contributed by atoms with Gasteiger partial charge in [0.25, 0.3) is 5.91 Å². The third-order valence-electron chi connectivity index (χ3n) is 3.81. The number of aromatic nitrogens is 2. The lowest BCUT2D eigenvalue weighted by Gasteiger charge is -2.08.